The van der Waals surface area contributed by atoms with Crippen LogP contribution in [-0.4, -0.2) is 6.30 Å². The van der Waals surface area contributed by atoms with Crippen molar-refractivity contribution in [3.63, 3.8) is 0 Å². The van der Waals surface area contributed by atoms with Crippen LogP contribution in [0.1, 0.15) is 16.7 Å². The fraction of sp³-hybridized carbons (Fsp3) is 0.136. The van der Waals surface area contributed by atoms with Crippen molar-refractivity contribution in [3.8, 4) is 0 Å². The van der Waals surface area contributed by atoms with E-state index in [2.05, 4.69) is 6.30 Å². The molecule has 0 radical (unpaired) electrons. The normalized spacial score (nSPS) is 12.8. The lowest BCUT2D eigenvalue weighted by atomic mass is 10.2. The molecule has 0 amide bonds. The van der Waals surface area contributed by atoms with Gasteiger partial charge in [-0.2, -0.15) is 26.3 Å². The zero-order valence-corrected chi connectivity index (χ0v) is 16.2. The number of rotatable bonds is 3. The SMILES string of the molecule is C=P(c1ccc(C)cc1)(c1ccc(C(F)(F)F)cc1)c1ccc(C(F)(F)F)cc1. The highest BCUT2D eigenvalue weighted by Crippen LogP contribution is 2.43. The summed E-state index contributed by atoms with van der Waals surface area (Å²) in [4.78, 5) is 0. The minimum Gasteiger partial charge on any atom is -0.166 e. The van der Waals surface area contributed by atoms with Gasteiger partial charge in [0.05, 0.1) is 11.1 Å². The minimum atomic E-state index is -4.47. The third-order valence-electron chi connectivity index (χ3n) is 4.75. The van der Waals surface area contributed by atoms with Crippen LogP contribution in [0.5, 0.6) is 0 Å². The second kappa shape index (κ2) is 7.42. The summed E-state index contributed by atoms with van der Waals surface area (Å²) in [5, 5.41) is 1.87. The highest BCUT2D eigenvalue weighted by molar-refractivity contribution is 7.93. The Morgan fingerprint density at radius 2 is 0.828 bits per heavy atom. The Bertz CT molecular complexity index is 966. The summed E-state index contributed by atoms with van der Waals surface area (Å²) in [6.07, 6.45) is -4.60. The van der Waals surface area contributed by atoms with Gasteiger partial charge in [-0.15, -0.1) is 0 Å². The molecule has 3 rings (SSSR count). The maximum atomic E-state index is 12.9. The van der Waals surface area contributed by atoms with Gasteiger partial charge in [0.15, 0.2) is 0 Å². The van der Waals surface area contributed by atoms with E-state index in [9.17, 15) is 26.3 Å². The van der Waals surface area contributed by atoms with Gasteiger partial charge in [-0.25, -0.2) is 0 Å². The van der Waals surface area contributed by atoms with E-state index in [4.69, 9.17) is 0 Å². The van der Waals surface area contributed by atoms with Gasteiger partial charge in [0.25, 0.3) is 0 Å². The van der Waals surface area contributed by atoms with Crippen molar-refractivity contribution in [1.29, 1.82) is 0 Å². The van der Waals surface area contributed by atoms with Gasteiger partial charge < -0.3 is 0 Å². The average Bonchev–Trinajstić information content (AvgIpc) is 2.67. The number of hydrogen-bond acceptors (Lipinski definition) is 0. The summed E-state index contributed by atoms with van der Waals surface area (Å²) in [5.41, 5.74) is -0.589. The molecule has 0 heterocycles. The molecular formula is C22H17F6P. The Morgan fingerprint density at radius 1 is 0.552 bits per heavy atom. The summed E-state index contributed by atoms with van der Waals surface area (Å²) in [7, 11) is 0. The molecule has 0 nitrogen and oxygen atoms in total. The molecule has 0 aromatic heterocycles. The summed E-state index contributed by atoms with van der Waals surface area (Å²) in [6.45, 7) is -0.783. The van der Waals surface area contributed by atoms with Crippen molar-refractivity contribution >= 4 is 29.1 Å². The third-order valence-corrected chi connectivity index (χ3v) is 8.28. The van der Waals surface area contributed by atoms with Crippen molar-refractivity contribution < 1.29 is 26.3 Å². The molecule has 0 saturated heterocycles. The molecule has 152 valence electrons. The molecular weight excluding hydrogens is 409 g/mol. The summed E-state index contributed by atoms with van der Waals surface area (Å²) in [5.74, 6) is 0. The first-order chi connectivity index (χ1) is 13.4. The third kappa shape index (κ3) is 4.27. The van der Waals surface area contributed by atoms with E-state index in [0.29, 0.717) is 10.6 Å². The fourth-order valence-electron chi connectivity index (χ4n) is 3.06. The van der Waals surface area contributed by atoms with E-state index in [-0.39, 0.29) is 0 Å². The monoisotopic (exact) mass is 426 g/mol. The van der Waals surface area contributed by atoms with E-state index < -0.39 is 30.4 Å². The van der Waals surface area contributed by atoms with Gasteiger partial charge in [0.2, 0.25) is 0 Å². The minimum absolute atomic E-state index is 0.550. The van der Waals surface area contributed by atoms with Gasteiger partial charge in [-0.05, 0) is 54.0 Å². The number of halogens is 6. The molecule has 0 unspecified atom stereocenters. The molecule has 0 saturated carbocycles. The van der Waals surface area contributed by atoms with Gasteiger partial charge in [-0.1, -0.05) is 60.4 Å². The second-order valence-corrected chi connectivity index (χ2v) is 9.90. The maximum absolute atomic E-state index is 12.9. The highest BCUT2D eigenvalue weighted by atomic mass is 31.2. The first kappa shape index (κ1) is 21.3. The molecule has 3 aromatic carbocycles. The topological polar surface area (TPSA) is 0 Å². The van der Waals surface area contributed by atoms with Crippen LogP contribution in [0.2, 0.25) is 0 Å². The molecule has 7 heteroatoms. The molecule has 0 fully saturated rings. The Labute approximate surface area is 164 Å². The van der Waals surface area contributed by atoms with Crippen LogP contribution in [0.4, 0.5) is 26.3 Å². The zero-order chi connectivity index (χ0) is 21.4. The van der Waals surface area contributed by atoms with Crippen molar-refractivity contribution in [2.75, 3.05) is 0 Å². The van der Waals surface area contributed by atoms with Crippen LogP contribution in [0.25, 0.3) is 0 Å². The first-order valence-electron chi connectivity index (χ1n) is 8.59. The largest absolute Gasteiger partial charge is 0.416 e. The van der Waals surface area contributed by atoms with E-state index in [1.54, 1.807) is 0 Å². The molecule has 0 spiro atoms. The highest BCUT2D eigenvalue weighted by Gasteiger charge is 2.32. The molecule has 0 aliphatic rings. The standard InChI is InChI=1S/C22H17F6P/c1-15-3-9-18(10-4-15)29(2,19-11-5-16(6-12-19)21(23,24)25)20-13-7-17(8-14-20)22(26,27)28/h3-14H,2H2,1H3. The summed E-state index contributed by atoms with van der Waals surface area (Å²) >= 11 is 0. The van der Waals surface area contributed by atoms with Crippen molar-refractivity contribution in [2.24, 2.45) is 0 Å². The predicted octanol–water partition coefficient (Wildman–Crippen LogP) is 5.76. The Morgan fingerprint density at radius 3 is 1.10 bits per heavy atom. The predicted molar refractivity (Wildman–Crippen MR) is 107 cm³/mol. The Balaban J connectivity index is 2.17. The lowest BCUT2D eigenvalue weighted by molar-refractivity contribution is -0.138. The lowest BCUT2D eigenvalue weighted by Crippen LogP contribution is -2.26. The van der Waals surface area contributed by atoms with Gasteiger partial charge in [-0.3, -0.25) is 0 Å². The Kier molecular flexibility index (Phi) is 5.44. The second-order valence-electron chi connectivity index (χ2n) is 6.73. The van der Waals surface area contributed by atoms with Crippen molar-refractivity contribution in [1.82, 2.24) is 0 Å². The van der Waals surface area contributed by atoms with Gasteiger partial charge in [0.1, 0.15) is 0 Å². The van der Waals surface area contributed by atoms with Gasteiger partial charge in [0, 0.05) is 0 Å². The van der Waals surface area contributed by atoms with E-state index in [1.807, 2.05) is 31.2 Å². The van der Waals surface area contributed by atoms with E-state index in [1.165, 1.54) is 24.3 Å². The number of aryl methyl sites for hydroxylation is 1. The molecule has 0 aliphatic heterocycles. The summed E-state index contributed by atoms with van der Waals surface area (Å²) < 4.78 is 77.7. The zero-order valence-electron chi connectivity index (χ0n) is 15.4. The quantitative estimate of drug-likeness (QED) is 0.369. The molecule has 29 heavy (non-hydrogen) atoms. The number of alkyl halides is 6. The number of hydrogen-bond donors (Lipinski definition) is 0. The van der Waals surface area contributed by atoms with E-state index in [0.717, 1.165) is 35.1 Å². The first-order valence-corrected chi connectivity index (χ1v) is 10.6. The van der Waals surface area contributed by atoms with Crippen LogP contribution in [0.15, 0.2) is 72.8 Å². The Hall–Kier alpha value is -2.46. The average molecular weight is 426 g/mol. The molecule has 0 bridgehead atoms. The van der Waals surface area contributed by atoms with Crippen LogP contribution in [-0.2, 0) is 12.4 Å². The van der Waals surface area contributed by atoms with Crippen LogP contribution >= 0.6 is 6.89 Å². The smallest absolute Gasteiger partial charge is 0.166 e. The molecule has 0 aliphatic carbocycles. The molecule has 0 N–H and O–H groups in total. The fourth-order valence-corrected chi connectivity index (χ4v) is 5.92. The van der Waals surface area contributed by atoms with Crippen LogP contribution in [0, 0.1) is 6.92 Å². The van der Waals surface area contributed by atoms with Gasteiger partial charge >= 0.3 is 12.4 Å². The molecule has 3 aromatic rings. The number of benzene rings is 3. The van der Waals surface area contributed by atoms with Crippen molar-refractivity contribution in [3.05, 3.63) is 89.5 Å². The van der Waals surface area contributed by atoms with Crippen LogP contribution in [0.3, 0.4) is 0 Å². The van der Waals surface area contributed by atoms with Crippen molar-refractivity contribution in [2.45, 2.75) is 19.3 Å². The lowest BCUT2D eigenvalue weighted by Gasteiger charge is -2.27. The van der Waals surface area contributed by atoms with Crippen LogP contribution < -0.4 is 15.9 Å². The van der Waals surface area contributed by atoms with E-state index >= 15 is 0 Å². The maximum Gasteiger partial charge on any atom is 0.416 e. The summed E-state index contributed by atoms with van der Waals surface area (Å²) in [6, 6.07) is 16.7. The molecule has 0 atom stereocenters.